The van der Waals surface area contributed by atoms with E-state index in [0.29, 0.717) is 11.3 Å². The number of nitrogens with one attached hydrogen (secondary N) is 3. The molecule has 0 unspecified atom stereocenters. The highest BCUT2D eigenvalue weighted by Crippen LogP contribution is 2.11. The van der Waals surface area contributed by atoms with E-state index in [4.69, 9.17) is 0 Å². The molecule has 0 aromatic heterocycles. The lowest BCUT2D eigenvalue weighted by atomic mass is 10.1. The lowest BCUT2D eigenvalue weighted by molar-refractivity contribution is 0.0919. The van der Waals surface area contributed by atoms with Crippen LogP contribution < -0.4 is 16.0 Å². The standard InChI is InChI=1S/C13H19N3O2/c1-13(2,3)16-11(17)9-6-5-7-10(8-9)15-12(18)14-4/h5-8H,1-4H3,(H,16,17)(H2,14,15,18). The molecule has 0 heterocycles. The molecule has 0 radical (unpaired) electrons. The Hall–Kier alpha value is -2.04. The molecule has 0 atom stereocenters. The van der Waals surface area contributed by atoms with E-state index in [1.165, 1.54) is 7.05 Å². The molecule has 0 aliphatic rings. The molecule has 0 fully saturated rings. The van der Waals surface area contributed by atoms with Crippen LogP contribution in [-0.4, -0.2) is 24.5 Å². The molecule has 0 spiro atoms. The molecule has 1 rings (SSSR count). The lowest BCUT2D eigenvalue weighted by Gasteiger charge is -2.20. The van der Waals surface area contributed by atoms with Crippen LogP contribution in [0.1, 0.15) is 31.1 Å². The Morgan fingerprint density at radius 3 is 2.39 bits per heavy atom. The smallest absolute Gasteiger partial charge is 0.318 e. The summed E-state index contributed by atoms with van der Waals surface area (Å²) in [7, 11) is 1.53. The summed E-state index contributed by atoms with van der Waals surface area (Å²) in [5.41, 5.74) is 0.802. The molecular weight excluding hydrogens is 230 g/mol. The fraction of sp³-hybridized carbons (Fsp3) is 0.385. The van der Waals surface area contributed by atoms with Gasteiger partial charge in [0.15, 0.2) is 0 Å². The van der Waals surface area contributed by atoms with Crippen molar-refractivity contribution < 1.29 is 9.59 Å². The van der Waals surface area contributed by atoms with Gasteiger partial charge in [0, 0.05) is 23.8 Å². The Balaban J connectivity index is 2.82. The van der Waals surface area contributed by atoms with Gasteiger partial charge in [-0.2, -0.15) is 0 Å². The highest BCUT2D eigenvalue weighted by Gasteiger charge is 2.15. The molecule has 0 saturated carbocycles. The van der Waals surface area contributed by atoms with Gasteiger partial charge in [0.2, 0.25) is 0 Å². The van der Waals surface area contributed by atoms with Crippen molar-refractivity contribution in [3.8, 4) is 0 Å². The minimum Gasteiger partial charge on any atom is -0.347 e. The average Bonchev–Trinajstić information content (AvgIpc) is 2.27. The minimum atomic E-state index is -0.316. The van der Waals surface area contributed by atoms with Crippen LogP contribution in [-0.2, 0) is 0 Å². The molecule has 3 N–H and O–H groups in total. The molecule has 1 aromatic carbocycles. The van der Waals surface area contributed by atoms with Crippen LogP contribution in [0.15, 0.2) is 24.3 Å². The Morgan fingerprint density at radius 1 is 1.17 bits per heavy atom. The predicted molar refractivity (Wildman–Crippen MR) is 71.7 cm³/mol. The van der Waals surface area contributed by atoms with Crippen molar-refractivity contribution in [2.75, 3.05) is 12.4 Å². The maximum Gasteiger partial charge on any atom is 0.318 e. The number of hydrogen-bond donors (Lipinski definition) is 3. The number of anilines is 1. The molecule has 0 saturated heterocycles. The Morgan fingerprint density at radius 2 is 1.83 bits per heavy atom. The molecular formula is C13H19N3O2. The highest BCUT2D eigenvalue weighted by atomic mass is 16.2. The maximum absolute atomic E-state index is 11.9. The number of amides is 3. The summed E-state index contributed by atoms with van der Waals surface area (Å²) >= 11 is 0. The summed E-state index contributed by atoms with van der Waals surface area (Å²) in [6.07, 6.45) is 0. The van der Waals surface area contributed by atoms with Gasteiger partial charge in [-0.15, -0.1) is 0 Å². The quantitative estimate of drug-likeness (QED) is 0.750. The van der Waals surface area contributed by atoms with Crippen molar-refractivity contribution in [2.45, 2.75) is 26.3 Å². The molecule has 1 aromatic rings. The van der Waals surface area contributed by atoms with Crippen LogP contribution in [0.3, 0.4) is 0 Å². The minimum absolute atomic E-state index is 0.164. The topological polar surface area (TPSA) is 70.2 Å². The van der Waals surface area contributed by atoms with Crippen LogP contribution in [0.5, 0.6) is 0 Å². The summed E-state index contributed by atoms with van der Waals surface area (Å²) in [5.74, 6) is -0.164. The number of carbonyl (C=O) groups is 2. The summed E-state index contributed by atoms with van der Waals surface area (Å²) in [6.45, 7) is 5.74. The van der Waals surface area contributed by atoms with Gasteiger partial charge in [0.1, 0.15) is 0 Å². The first-order valence-corrected chi connectivity index (χ1v) is 5.73. The Bertz CT molecular complexity index is 450. The van der Waals surface area contributed by atoms with Gasteiger partial charge in [-0.25, -0.2) is 4.79 Å². The Kier molecular flexibility index (Phi) is 4.31. The van der Waals surface area contributed by atoms with E-state index < -0.39 is 0 Å². The van der Waals surface area contributed by atoms with Gasteiger partial charge >= 0.3 is 6.03 Å². The van der Waals surface area contributed by atoms with E-state index in [9.17, 15) is 9.59 Å². The van der Waals surface area contributed by atoms with Gasteiger partial charge < -0.3 is 16.0 Å². The molecule has 0 bridgehead atoms. The number of carbonyl (C=O) groups excluding carboxylic acids is 2. The second kappa shape index (κ2) is 5.53. The maximum atomic E-state index is 11.9. The zero-order valence-corrected chi connectivity index (χ0v) is 11.1. The van der Waals surface area contributed by atoms with E-state index in [1.807, 2.05) is 20.8 Å². The summed E-state index contributed by atoms with van der Waals surface area (Å²) in [6, 6.07) is 6.47. The summed E-state index contributed by atoms with van der Waals surface area (Å²) < 4.78 is 0. The highest BCUT2D eigenvalue weighted by molar-refractivity contribution is 5.97. The molecule has 5 nitrogen and oxygen atoms in total. The lowest BCUT2D eigenvalue weighted by Crippen LogP contribution is -2.40. The van der Waals surface area contributed by atoms with Crippen LogP contribution in [0.4, 0.5) is 10.5 Å². The van der Waals surface area contributed by atoms with Crippen molar-refractivity contribution in [1.29, 1.82) is 0 Å². The molecule has 0 aliphatic carbocycles. The van der Waals surface area contributed by atoms with E-state index in [2.05, 4.69) is 16.0 Å². The first kappa shape index (κ1) is 14.0. The fourth-order valence-corrected chi connectivity index (χ4v) is 1.34. The monoisotopic (exact) mass is 249 g/mol. The van der Waals surface area contributed by atoms with E-state index >= 15 is 0 Å². The van der Waals surface area contributed by atoms with Gasteiger partial charge in [-0.3, -0.25) is 4.79 Å². The van der Waals surface area contributed by atoms with E-state index in [0.717, 1.165) is 0 Å². The molecule has 18 heavy (non-hydrogen) atoms. The molecule has 3 amide bonds. The third-order valence-corrected chi connectivity index (χ3v) is 2.10. The zero-order chi connectivity index (χ0) is 13.8. The fourth-order valence-electron chi connectivity index (χ4n) is 1.34. The van der Waals surface area contributed by atoms with E-state index in [1.54, 1.807) is 24.3 Å². The van der Waals surface area contributed by atoms with Crippen LogP contribution >= 0.6 is 0 Å². The van der Waals surface area contributed by atoms with Crippen molar-refractivity contribution in [3.63, 3.8) is 0 Å². The summed E-state index contributed by atoms with van der Waals surface area (Å²) in [5, 5.41) is 7.93. The van der Waals surface area contributed by atoms with Crippen molar-refractivity contribution in [3.05, 3.63) is 29.8 Å². The molecule has 98 valence electrons. The molecule has 5 heteroatoms. The third-order valence-electron chi connectivity index (χ3n) is 2.10. The SMILES string of the molecule is CNC(=O)Nc1cccc(C(=O)NC(C)(C)C)c1. The average molecular weight is 249 g/mol. The number of hydrogen-bond acceptors (Lipinski definition) is 2. The predicted octanol–water partition coefficient (Wildman–Crippen LogP) is 1.97. The van der Waals surface area contributed by atoms with Gasteiger partial charge in [-0.1, -0.05) is 6.07 Å². The van der Waals surface area contributed by atoms with Crippen LogP contribution in [0, 0.1) is 0 Å². The largest absolute Gasteiger partial charge is 0.347 e. The third kappa shape index (κ3) is 4.45. The van der Waals surface area contributed by atoms with Gasteiger partial charge in [-0.05, 0) is 39.0 Å². The zero-order valence-electron chi connectivity index (χ0n) is 11.1. The van der Waals surface area contributed by atoms with Crippen molar-refractivity contribution in [1.82, 2.24) is 10.6 Å². The first-order valence-electron chi connectivity index (χ1n) is 5.73. The first-order chi connectivity index (χ1) is 8.31. The molecule has 0 aliphatic heterocycles. The number of benzene rings is 1. The second-order valence-electron chi connectivity index (χ2n) is 4.99. The normalized spacial score (nSPS) is 10.7. The summed E-state index contributed by atoms with van der Waals surface area (Å²) in [4.78, 5) is 23.1. The number of urea groups is 1. The Labute approximate surface area is 107 Å². The van der Waals surface area contributed by atoms with Crippen LogP contribution in [0.25, 0.3) is 0 Å². The van der Waals surface area contributed by atoms with E-state index in [-0.39, 0.29) is 17.5 Å². The van der Waals surface area contributed by atoms with Crippen LogP contribution in [0.2, 0.25) is 0 Å². The van der Waals surface area contributed by atoms with Gasteiger partial charge in [0.25, 0.3) is 5.91 Å². The second-order valence-corrected chi connectivity index (χ2v) is 4.99. The number of rotatable bonds is 2. The van der Waals surface area contributed by atoms with Crippen molar-refractivity contribution in [2.24, 2.45) is 0 Å². The van der Waals surface area contributed by atoms with Gasteiger partial charge in [0.05, 0.1) is 0 Å². The van der Waals surface area contributed by atoms with Crippen molar-refractivity contribution >= 4 is 17.6 Å².